The Bertz CT molecular complexity index is 476. The zero-order chi connectivity index (χ0) is 12.3. The Balaban J connectivity index is 2.02. The number of aromatic nitrogens is 4. The van der Waals surface area contributed by atoms with Crippen LogP contribution in [0.2, 0.25) is 0 Å². The summed E-state index contributed by atoms with van der Waals surface area (Å²) in [6.07, 6.45) is 4.52. The van der Waals surface area contributed by atoms with Gasteiger partial charge in [0.2, 0.25) is 5.89 Å². The van der Waals surface area contributed by atoms with E-state index in [2.05, 4.69) is 20.6 Å². The standard InChI is InChI=1S/C11H17N5O/c1-4-10-14-11(17-15-10)8(3)13-9-6-12-16(5-2)7-9/h6-8,13H,4-5H2,1-3H3/t8-/m1/s1. The maximum absolute atomic E-state index is 5.17. The van der Waals surface area contributed by atoms with E-state index in [4.69, 9.17) is 4.52 Å². The number of nitrogens with one attached hydrogen (secondary N) is 1. The molecule has 0 fully saturated rings. The van der Waals surface area contributed by atoms with Gasteiger partial charge in [-0.1, -0.05) is 12.1 Å². The van der Waals surface area contributed by atoms with Crippen LogP contribution in [0, 0.1) is 0 Å². The zero-order valence-corrected chi connectivity index (χ0v) is 10.3. The molecule has 6 nitrogen and oxygen atoms in total. The third-order valence-corrected chi connectivity index (χ3v) is 2.51. The third kappa shape index (κ3) is 2.64. The first-order valence-electron chi connectivity index (χ1n) is 5.84. The first kappa shape index (κ1) is 11.6. The molecule has 0 aliphatic rings. The largest absolute Gasteiger partial charge is 0.371 e. The zero-order valence-electron chi connectivity index (χ0n) is 10.3. The quantitative estimate of drug-likeness (QED) is 0.858. The molecule has 0 radical (unpaired) electrons. The van der Waals surface area contributed by atoms with Crippen molar-refractivity contribution in [2.75, 3.05) is 5.32 Å². The fraction of sp³-hybridized carbons (Fsp3) is 0.545. The Labute approximate surface area is 100 Å². The normalized spacial score (nSPS) is 12.6. The second-order valence-corrected chi connectivity index (χ2v) is 3.85. The molecule has 92 valence electrons. The summed E-state index contributed by atoms with van der Waals surface area (Å²) in [6.45, 7) is 6.89. The fourth-order valence-electron chi connectivity index (χ4n) is 1.51. The van der Waals surface area contributed by atoms with Crippen LogP contribution in [0.25, 0.3) is 0 Å². The summed E-state index contributed by atoms with van der Waals surface area (Å²) >= 11 is 0. The van der Waals surface area contributed by atoms with Crippen LogP contribution >= 0.6 is 0 Å². The van der Waals surface area contributed by atoms with Crippen molar-refractivity contribution >= 4 is 5.69 Å². The van der Waals surface area contributed by atoms with Crippen LogP contribution < -0.4 is 5.32 Å². The van der Waals surface area contributed by atoms with Crippen molar-refractivity contribution in [3.63, 3.8) is 0 Å². The van der Waals surface area contributed by atoms with E-state index >= 15 is 0 Å². The van der Waals surface area contributed by atoms with E-state index in [0.717, 1.165) is 24.5 Å². The fourth-order valence-corrected chi connectivity index (χ4v) is 1.51. The van der Waals surface area contributed by atoms with Crippen LogP contribution in [0.1, 0.15) is 38.5 Å². The van der Waals surface area contributed by atoms with Crippen LogP contribution in [-0.4, -0.2) is 19.9 Å². The number of hydrogen-bond donors (Lipinski definition) is 1. The van der Waals surface area contributed by atoms with Crippen molar-refractivity contribution in [2.45, 2.75) is 39.8 Å². The first-order chi connectivity index (χ1) is 8.22. The Morgan fingerprint density at radius 1 is 1.47 bits per heavy atom. The van der Waals surface area contributed by atoms with Gasteiger partial charge in [0.15, 0.2) is 5.82 Å². The number of anilines is 1. The molecule has 0 amide bonds. The van der Waals surface area contributed by atoms with Crippen LogP contribution in [0.15, 0.2) is 16.9 Å². The summed E-state index contributed by atoms with van der Waals surface area (Å²) in [5.74, 6) is 1.34. The molecule has 0 saturated heterocycles. The van der Waals surface area contributed by atoms with Crippen molar-refractivity contribution in [2.24, 2.45) is 0 Å². The van der Waals surface area contributed by atoms with Crippen molar-refractivity contribution < 1.29 is 4.52 Å². The lowest BCUT2D eigenvalue weighted by molar-refractivity contribution is 0.363. The molecule has 2 rings (SSSR count). The van der Waals surface area contributed by atoms with Crippen LogP contribution in [-0.2, 0) is 13.0 Å². The molecule has 2 aromatic heterocycles. The molecule has 6 heteroatoms. The molecule has 0 unspecified atom stereocenters. The molecule has 0 bridgehead atoms. The lowest BCUT2D eigenvalue weighted by atomic mass is 10.3. The molecular weight excluding hydrogens is 218 g/mol. The minimum absolute atomic E-state index is 0.0164. The number of aryl methyl sites for hydroxylation is 2. The average molecular weight is 235 g/mol. The minimum Gasteiger partial charge on any atom is -0.371 e. The van der Waals surface area contributed by atoms with E-state index in [1.807, 2.05) is 31.6 Å². The van der Waals surface area contributed by atoms with Crippen molar-refractivity contribution in [1.82, 2.24) is 19.9 Å². The van der Waals surface area contributed by atoms with Crippen molar-refractivity contribution in [3.8, 4) is 0 Å². The Hall–Kier alpha value is -1.85. The Morgan fingerprint density at radius 2 is 2.29 bits per heavy atom. The monoisotopic (exact) mass is 235 g/mol. The minimum atomic E-state index is -0.0164. The van der Waals surface area contributed by atoms with Gasteiger partial charge in [-0.25, -0.2) is 0 Å². The highest BCUT2D eigenvalue weighted by Gasteiger charge is 2.13. The maximum atomic E-state index is 5.17. The molecule has 0 spiro atoms. The van der Waals surface area contributed by atoms with Gasteiger partial charge in [0.25, 0.3) is 0 Å². The van der Waals surface area contributed by atoms with Gasteiger partial charge in [-0.2, -0.15) is 10.1 Å². The van der Waals surface area contributed by atoms with Gasteiger partial charge in [0.1, 0.15) is 6.04 Å². The van der Waals surface area contributed by atoms with Crippen LogP contribution in [0.4, 0.5) is 5.69 Å². The molecule has 1 atom stereocenters. The second-order valence-electron chi connectivity index (χ2n) is 3.85. The van der Waals surface area contributed by atoms with E-state index in [0.29, 0.717) is 5.89 Å². The summed E-state index contributed by atoms with van der Waals surface area (Å²) < 4.78 is 7.03. The predicted molar refractivity (Wildman–Crippen MR) is 63.6 cm³/mol. The van der Waals surface area contributed by atoms with Crippen molar-refractivity contribution in [3.05, 3.63) is 24.1 Å². The van der Waals surface area contributed by atoms with Gasteiger partial charge in [-0.05, 0) is 13.8 Å². The summed E-state index contributed by atoms with van der Waals surface area (Å²) in [7, 11) is 0. The van der Waals surface area contributed by atoms with Gasteiger partial charge >= 0.3 is 0 Å². The molecule has 17 heavy (non-hydrogen) atoms. The second kappa shape index (κ2) is 4.99. The first-order valence-corrected chi connectivity index (χ1v) is 5.84. The summed E-state index contributed by atoms with van der Waals surface area (Å²) in [6, 6.07) is -0.0164. The van der Waals surface area contributed by atoms with E-state index in [1.165, 1.54) is 0 Å². The summed E-state index contributed by atoms with van der Waals surface area (Å²) in [4.78, 5) is 4.28. The van der Waals surface area contributed by atoms with E-state index in [-0.39, 0.29) is 6.04 Å². The molecule has 0 aromatic carbocycles. The SMILES string of the molecule is CCc1noc([C@@H](C)Nc2cnn(CC)c2)n1. The highest BCUT2D eigenvalue weighted by molar-refractivity contribution is 5.39. The Kier molecular flexibility index (Phi) is 3.41. The smallest absolute Gasteiger partial charge is 0.248 e. The topological polar surface area (TPSA) is 68.8 Å². The van der Waals surface area contributed by atoms with E-state index in [1.54, 1.807) is 6.20 Å². The number of rotatable bonds is 5. The highest BCUT2D eigenvalue weighted by atomic mass is 16.5. The third-order valence-electron chi connectivity index (χ3n) is 2.51. The van der Waals surface area contributed by atoms with Crippen LogP contribution in [0.5, 0.6) is 0 Å². The highest BCUT2D eigenvalue weighted by Crippen LogP contribution is 2.17. The maximum Gasteiger partial charge on any atom is 0.248 e. The molecular formula is C11H17N5O. The van der Waals surface area contributed by atoms with Crippen LogP contribution in [0.3, 0.4) is 0 Å². The molecule has 0 aliphatic heterocycles. The van der Waals surface area contributed by atoms with Gasteiger partial charge in [-0.3, -0.25) is 4.68 Å². The van der Waals surface area contributed by atoms with Crippen molar-refractivity contribution in [1.29, 1.82) is 0 Å². The number of nitrogens with zero attached hydrogens (tertiary/aromatic N) is 4. The molecule has 1 N–H and O–H groups in total. The number of hydrogen-bond acceptors (Lipinski definition) is 5. The average Bonchev–Trinajstić information content (AvgIpc) is 2.96. The molecule has 2 heterocycles. The van der Waals surface area contributed by atoms with E-state index < -0.39 is 0 Å². The lowest BCUT2D eigenvalue weighted by Gasteiger charge is -2.07. The van der Waals surface area contributed by atoms with Gasteiger partial charge < -0.3 is 9.84 Å². The Morgan fingerprint density at radius 3 is 2.88 bits per heavy atom. The summed E-state index contributed by atoms with van der Waals surface area (Å²) in [5.41, 5.74) is 0.954. The molecule has 2 aromatic rings. The molecule has 0 saturated carbocycles. The van der Waals surface area contributed by atoms with Gasteiger partial charge in [-0.15, -0.1) is 0 Å². The predicted octanol–water partition coefficient (Wildman–Crippen LogP) is 2.02. The molecule has 0 aliphatic carbocycles. The summed E-state index contributed by atoms with van der Waals surface area (Å²) in [5, 5.41) is 11.3. The lowest BCUT2D eigenvalue weighted by Crippen LogP contribution is -2.06. The van der Waals surface area contributed by atoms with Gasteiger partial charge in [0.05, 0.1) is 11.9 Å². The van der Waals surface area contributed by atoms with E-state index in [9.17, 15) is 0 Å². The van der Waals surface area contributed by atoms with Gasteiger partial charge in [0, 0.05) is 19.2 Å².